The van der Waals surface area contributed by atoms with Crippen molar-refractivity contribution in [3.05, 3.63) is 46.8 Å². The van der Waals surface area contributed by atoms with E-state index in [0.29, 0.717) is 11.4 Å². The molecule has 1 heterocycles. The van der Waals surface area contributed by atoms with Crippen molar-refractivity contribution in [2.75, 3.05) is 24.5 Å². The second-order valence-electron chi connectivity index (χ2n) is 5.61. The quantitative estimate of drug-likeness (QED) is 0.696. The number of rotatable bonds is 9. The molecule has 0 saturated heterocycles. The molecular weight excluding hydrogens is 360 g/mol. The topological polar surface area (TPSA) is 86.7 Å². The first-order valence-corrected chi connectivity index (χ1v) is 10.2. The van der Waals surface area contributed by atoms with Crippen LogP contribution in [0.4, 0.5) is 5.69 Å². The number of aryl methyl sites for hydroxylation is 1. The fraction of sp³-hybridized carbons (Fsp3) is 0.353. The summed E-state index contributed by atoms with van der Waals surface area (Å²) in [7, 11) is -3.62. The number of sulfonamides is 1. The van der Waals surface area contributed by atoms with Crippen LogP contribution in [0.2, 0.25) is 0 Å². The average molecular weight is 383 g/mol. The van der Waals surface area contributed by atoms with Gasteiger partial charge in [-0.3, -0.25) is 4.79 Å². The Kier molecular flexibility index (Phi) is 6.57. The number of thiophene rings is 1. The summed E-state index contributed by atoms with van der Waals surface area (Å²) >= 11 is 0.986. The summed E-state index contributed by atoms with van der Waals surface area (Å²) in [6.07, 6.45) is -0.169. The Labute approximate surface area is 152 Å². The van der Waals surface area contributed by atoms with Gasteiger partial charge in [-0.1, -0.05) is 12.1 Å². The van der Waals surface area contributed by atoms with Gasteiger partial charge < -0.3 is 10.0 Å². The lowest BCUT2D eigenvalue weighted by Crippen LogP contribution is -2.34. The van der Waals surface area contributed by atoms with E-state index in [1.165, 1.54) is 6.07 Å². The number of benzene rings is 1. The van der Waals surface area contributed by atoms with Gasteiger partial charge in [-0.25, -0.2) is 13.1 Å². The normalized spacial score (nSPS) is 11.4. The number of carbonyl (C=O) groups is 1. The molecule has 6 nitrogen and oxygen atoms in total. The Balaban J connectivity index is 1.97. The van der Waals surface area contributed by atoms with Gasteiger partial charge in [0.25, 0.3) is 0 Å². The molecule has 0 saturated carbocycles. The van der Waals surface area contributed by atoms with E-state index in [1.807, 2.05) is 32.0 Å². The summed E-state index contributed by atoms with van der Waals surface area (Å²) in [4.78, 5) is 13.3. The van der Waals surface area contributed by atoms with Gasteiger partial charge in [-0.05, 0) is 43.7 Å². The molecule has 2 aromatic rings. The van der Waals surface area contributed by atoms with Crippen LogP contribution < -0.4 is 9.62 Å². The van der Waals surface area contributed by atoms with E-state index in [2.05, 4.69) is 15.7 Å². The molecule has 0 aliphatic rings. The standard InChI is InChI=1S/C17H22N2O4S2/c1-3-19(14-6-4-5-13(2)11-14)10-9-18-25(22,23)17-8-7-15(24-17)12-16(20)21/h4-8,11,18H,3,9-10,12H2,1-2H3,(H,20,21). The fourth-order valence-corrected chi connectivity index (χ4v) is 4.84. The van der Waals surface area contributed by atoms with Crippen LogP contribution >= 0.6 is 11.3 Å². The molecule has 1 aromatic carbocycles. The zero-order valence-corrected chi connectivity index (χ0v) is 15.9. The number of nitrogens with zero attached hydrogens (tertiary/aromatic N) is 1. The second-order valence-corrected chi connectivity index (χ2v) is 8.77. The third-order valence-electron chi connectivity index (χ3n) is 3.65. The van der Waals surface area contributed by atoms with Crippen molar-refractivity contribution in [2.45, 2.75) is 24.5 Å². The lowest BCUT2D eigenvalue weighted by Gasteiger charge is -2.23. The van der Waals surface area contributed by atoms with Gasteiger partial charge >= 0.3 is 5.97 Å². The van der Waals surface area contributed by atoms with Gasteiger partial charge in [-0.15, -0.1) is 11.3 Å². The Morgan fingerprint density at radius 1 is 1.28 bits per heavy atom. The molecule has 0 unspecified atom stereocenters. The summed E-state index contributed by atoms with van der Waals surface area (Å²) in [5.41, 5.74) is 2.21. The second kappa shape index (κ2) is 8.46. The molecule has 0 aliphatic heterocycles. The highest BCUT2D eigenvalue weighted by molar-refractivity contribution is 7.91. The van der Waals surface area contributed by atoms with Gasteiger partial charge in [0.15, 0.2) is 0 Å². The first-order valence-electron chi connectivity index (χ1n) is 7.93. The Bertz CT molecular complexity index is 831. The van der Waals surface area contributed by atoms with Crippen LogP contribution in [0.5, 0.6) is 0 Å². The van der Waals surface area contributed by atoms with E-state index < -0.39 is 16.0 Å². The third-order valence-corrected chi connectivity index (χ3v) is 6.69. The largest absolute Gasteiger partial charge is 0.481 e. The first-order chi connectivity index (χ1) is 11.8. The maximum atomic E-state index is 12.3. The van der Waals surface area contributed by atoms with Gasteiger partial charge in [0.2, 0.25) is 10.0 Å². The van der Waals surface area contributed by atoms with Crippen LogP contribution in [-0.2, 0) is 21.2 Å². The predicted octanol–water partition coefficient (Wildman–Crippen LogP) is 2.49. The first kappa shape index (κ1) is 19.4. The highest BCUT2D eigenvalue weighted by Crippen LogP contribution is 2.22. The number of carboxylic acids is 1. The molecule has 0 fully saturated rings. The maximum Gasteiger partial charge on any atom is 0.308 e. The van der Waals surface area contributed by atoms with Gasteiger partial charge in [-0.2, -0.15) is 0 Å². The molecule has 1 aromatic heterocycles. The molecule has 0 amide bonds. The molecule has 2 rings (SSSR count). The lowest BCUT2D eigenvalue weighted by molar-refractivity contribution is -0.136. The minimum Gasteiger partial charge on any atom is -0.481 e. The SMILES string of the molecule is CCN(CCNS(=O)(=O)c1ccc(CC(=O)O)s1)c1cccc(C)c1. The maximum absolute atomic E-state index is 12.3. The fourth-order valence-electron chi connectivity index (χ4n) is 2.43. The molecule has 0 bridgehead atoms. The van der Waals surface area contributed by atoms with Gasteiger partial charge in [0.1, 0.15) is 4.21 Å². The van der Waals surface area contributed by atoms with Crippen molar-refractivity contribution in [1.82, 2.24) is 4.72 Å². The van der Waals surface area contributed by atoms with E-state index in [1.54, 1.807) is 6.07 Å². The van der Waals surface area contributed by atoms with E-state index in [0.717, 1.165) is 29.1 Å². The third kappa shape index (κ3) is 5.55. The zero-order valence-electron chi connectivity index (χ0n) is 14.2. The van der Waals surface area contributed by atoms with E-state index in [9.17, 15) is 13.2 Å². The highest BCUT2D eigenvalue weighted by Gasteiger charge is 2.17. The molecule has 2 N–H and O–H groups in total. The summed E-state index contributed by atoms with van der Waals surface area (Å²) in [6.45, 7) is 5.63. The summed E-state index contributed by atoms with van der Waals surface area (Å²) in [5.74, 6) is -0.976. The van der Waals surface area contributed by atoms with Crippen molar-refractivity contribution >= 4 is 33.0 Å². The minimum atomic E-state index is -3.62. The van der Waals surface area contributed by atoms with Crippen LogP contribution in [0.15, 0.2) is 40.6 Å². The molecule has 8 heteroatoms. The minimum absolute atomic E-state index is 0.141. The van der Waals surface area contributed by atoms with Crippen LogP contribution in [-0.4, -0.2) is 39.1 Å². The molecule has 136 valence electrons. The van der Waals surface area contributed by atoms with Crippen LogP contribution in [0.25, 0.3) is 0 Å². The number of aliphatic carboxylic acids is 1. The molecule has 0 atom stereocenters. The number of carboxylic acid groups (broad SMARTS) is 1. The van der Waals surface area contributed by atoms with E-state index >= 15 is 0 Å². The number of hydrogen-bond donors (Lipinski definition) is 2. The van der Waals surface area contributed by atoms with Gasteiger partial charge in [0, 0.05) is 30.2 Å². The smallest absolute Gasteiger partial charge is 0.308 e. The van der Waals surface area contributed by atoms with Crippen LogP contribution in [0, 0.1) is 6.92 Å². The lowest BCUT2D eigenvalue weighted by atomic mass is 10.2. The molecule has 0 radical (unpaired) electrons. The molecule has 0 spiro atoms. The van der Waals surface area contributed by atoms with Crippen molar-refractivity contribution in [3.63, 3.8) is 0 Å². The predicted molar refractivity (Wildman–Crippen MR) is 99.9 cm³/mol. The number of hydrogen-bond acceptors (Lipinski definition) is 5. The average Bonchev–Trinajstić information content (AvgIpc) is 3.00. The number of likely N-dealkylation sites (N-methyl/N-ethyl adjacent to an activating group) is 1. The van der Waals surface area contributed by atoms with Crippen molar-refractivity contribution in [1.29, 1.82) is 0 Å². The van der Waals surface area contributed by atoms with Gasteiger partial charge in [0.05, 0.1) is 6.42 Å². The number of anilines is 1. The molecule has 0 aliphatic carbocycles. The van der Waals surface area contributed by atoms with Crippen molar-refractivity contribution < 1.29 is 18.3 Å². The zero-order chi connectivity index (χ0) is 18.4. The monoisotopic (exact) mass is 382 g/mol. The Hall–Kier alpha value is -1.90. The summed E-state index contributed by atoms with van der Waals surface area (Å²) < 4.78 is 27.4. The van der Waals surface area contributed by atoms with E-state index in [-0.39, 0.29) is 17.2 Å². The van der Waals surface area contributed by atoms with E-state index in [4.69, 9.17) is 5.11 Å². The molecule has 25 heavy (non-hydrogen) atoms. The number of nitrogens with one attached hydrogen (secondary N) is 1. The molecular formula is C17H22N2O4S2. The Morgan fingerprint density at radius 2 is 2.04 bits per heavy atom. The Morgan fingerprint density at radius 3 is 2.68 bits per heavy atom. The van der Waals surface area contributed by atoms with Crippen LogP contribution in [0.1, 0.15) is 17.4 Å². The summed E-state index contributed by atoms with van der Waals surface area (Å²) in [5, 5.41) is 8.77. The highest BCUT2D eigenvalue weighted by atomic mass is 32.2. The van der Waals surface area contributed by atoms with Crippen molar-refractivity contribution in [3.8, 4) is 0 Å². The van der Waals surface area contributed by atoms with Crippen LogP contribution in [0.3, 0.4) is 0 Å². The summed E-state index contributed by atoms with van der Waals surface area (Å²) in [6, 6.07) is 11.1. The van der Waals surface area contributed by atoms with Crippen molar-refractivity contribution in [2.24, 2.45) is 0 Å².